The van der Waals surface area contributed by atoms with Crippen LogP contribution in [-0.4, -0.2) is 59.5 Å². The lowest BCUT2D eigenvalue weighted by Crippen LogP contribution is -2.45. The number of aliphatic hydroxyl groups excluding tert-OH is 1. The van der Waals surface area contributed by atoms with Gasteiger partial charge >= 0.3 is 0 Å². The number of hydrogen-bond donors (Lipinski definition) is 1. The van der Waals surface area contributed by atoms with Gasteiger partial charge in [0.25, 0.3) is 0 Å². The van der Waals surface area contributed by atoms with E-state index < -0.39 is 6.61 Å². The summed E-state index contributed by atoms with van der Waals surface area (Å²) in [6.45, 7) is 2.25. The summed E-state index contributed by atoms with van der Waals surface area (Å²) < 4.78 is 0. The summed E-state index contributed by atoms with van der Waals surface area (Å²) in [5.74, 6) is -0.00790. The fourth-order valence-electron chi connectivity index (χ4n) is 3.69. The zero-order valence-electron chi connectivity index (χ0n) is 13.9. The fraction of sp³-hybridized carbons (Fsp3) is 0.474. The van der Waals surface area contributed by atoms with Crippen LogP contribution in [0.25, 0.3) is 6.08 Å². The van der Waals surface area contributed by atoms with Crippen molar-refractivity contribution in [3.8, 4) is 0 Å². The molecule has 2 fully saturated rings. The highest BCUT2D eigenvalue weighted by Gasteiger charge is 2.44. The van der Waals surface area contributed by atoms with E-state index >= 15 is 0 Å². The molecule has 2 amide bonds. The maximum absolute atomic E-state index is 12.3. The average Bonchev–Trinajstić information content (AvgIpc) is 2.91. The topological polar surface area (TPSA) is 60.9 Å². The van der Waals surface area contributed by atoms with Crippen LogP contribution in [0.15, 0.2) is 36.4 Å². The molecule has 1 aromatic rings. The molecule has 0 saturated carbocycles. The molecular weight excluding hydrogens is 304 g/mol. The number of carbonyl (C=O) groups is 2. The van der Waals surface area contributed by atoms with Crippen molar-refractivity contribution in [2.45, 2.75) is 19.3 Å². The van der Waals surface area contributed by atoms with E-state index in [0.29, 0.717) is 26.1 Å². The third-order valence-corrected chi connectivity index (χ3v) is 5.15. The van der Waals surface area contributed by atoms with Gasteiger partial charge in [0, 0.05) is 38.0 Å². The summed E-state index contributed by atoms with van der Waals surface area (Å²) in [5, 5.41) is 8.96. The summed E-state index contributed by atoms with van der Waals surface area (Å²) in [4.78, 5) is 27.5. The molecule has 0 unspecified atom stereocenters. The molecule has 1 spiro atoms. The Morgan fingerprint density at radius 1 is 1.21 bits per heavy atom. The number of nitrogens with zero attached hydrogens (tertiary/aromatic N) is 2. The normalized spacial score (nSPS) is 20.3. The van der Waals surface area contributed by atoms with E-state index in [4.69, 9.17) is 5.11 Å². The van der Waals surface area contributed by atoms with E-state index in [1.807, 2.05) is 47.4 Å². The van der Waals surface area contributed by atoms with Gasteiger partial charge in [0.05, 0.1) is 0 Å². The zero-order chi connectivity index (χ0) is 17.0. The first-order valence-corrected chi connectivity index (χ1v) is 8.50. The van der Waals surface area contributed by atoms with Crippen LogP contribution in [0.5, 0.6) is 0 Å². The Morgan fingerprint density at radius 2 is 1.92 bits per heavy atom. The van der Waals surface area contributed by atoms with E-state index in [0.717, 1.165) is 24.9 Å². The number of piperidine rings is 1. The standard InChI is InChI=1S/C19H24N2O3/c22-14-18(24)20-11-8-19(9-12-20)13-17(23)21(15-19)10-4-7-16-5-2-1-3-6-16/h1-7,22H,8-15H2/b7-4+. The molecule has 0 atom stereocenters. The van der Waals surface area contributed by atoms with Gasteiger partial charge in [0.2, 0.25) is 11.8 Å². The Labute approximate surface area is 142 Å². The second kappa shape index (κ2) is 7.18. The van der Waals surface area contributed by atoms with E-state index in [2.05, 4.69) is 0 Å². The van der Waals surface area contributed by atoms with Crippen LogP contribution in [0, 0.1) is 5.41 Å². The summed E-state index contributed by atoms with van der Waals surface area (Å²) >= 11 is 0. The highest BCUT2D eigenvalue weighted by Crippen LogP contribution is 2.40. The third kappa shape index (κ3) is 3.67. The molecule has 5 nitrogen and oxygen atoms in total. The molecule has 1 aromatic carbocycles. The Bertz CT molecular complexity index is 619. The van der Waals surface area contributed by atoms with Gasteiger partial charge in [-0.05, 0) is 18.4 Å². The van der Waals surface area contributed by atoms with E-state index in [1.165, 1.54) is 0 Å². The molecule has 128 valence electrons. The Hall–Kier alpha value is -2.14. The first-order valence-electron chi connectivity index (χ1n) is 8.50. The Balaban J connectivity index is 1.54. The average molecular weight is 328 g/mol. The largest absolute Gasteiger partial charge is 0.387 e. The van der Waals surface area contributed by atoms with Gasteiger partial charge in [-0.2, -0.15) is 0 Å². The highest BCUT2D eigenvalue weighted by molar-refractivity contribution is 5.80. The summed E-state index contributed by atoms with van der Waals surface area (Å²) in [5.41, 5.74) is 1.14. The predicted molar refractivity (Wildman–Crippen MR) is 92.0 cm³/mol. The summed E-state index contributed by atoms with van der Waals surface area (Å²) in [6, 6.07) is 10.1. The summed E-state index contributed by atoms with van der Waals surface area (Å²) in [7, 11) is 0. The highest BCUT2D eigenvalue weighted by atomic mass is 16.3. The molecule has 2 aliphatic rings. The molecule has 0 aliphatic carbocycles. The van der Waals surface area contributed by atoms with E-state index in [9.17, 15) is 9.59 Å². The number of hydrogen-bond acceptors (Lipinski definition) is 3. The van der Waals surface area contributed by atoms with Gasteiger partial charge < -0.3 is 14.9 Å². The minimum absolute atomic E-state index is 0.00387. The first kappa shape index (κ1) is 16.7. The molecule has 2 heterocycles. The lowest BCUT2D eigenvalue weighted by molar-refractivity contribution is -0.136. The third-order valence-electron chi connectivity index (χ3n) is 5.15. The minimum atomic E-state index is -0.428. The van der Waals surface area contributed by atoms with Crippen LogP contribution in [0.1, 0.15) is 24.8 Å². The quantitative estimate of drug-likeness (QED) is 0.912. The SMILES string of the molecule is O=C(CO)N1CCC2(CC1)CC(=O)N(C/C=C/c1ccccc1)C2. The number of likely N-dealkylation sites (tertiary alicyclic amines) is 2. The predicted octanol–water partition coefficient (Wildman–Crippen LogP) is 1.53. The van der Waals surface area contributed by atoms with Gasteiger partial charge in [-0.15, -0.1) is 0 Å². The van der Waals surface area contributed by atoms with Crippen LogP contribution >= 0.6 is 0 Å². The van der Waals surface area contributed by atoms with Gasteiger partial charge in [0.1, 0.15) is 6.61 Å². The van der Waals surface area contributed by atoms with Crippen LogP contribution < -0.4 is 0 Å². The van der Waals surface area contributed by atoms with Gasteiger partial charge in [-0.1, -0.05) is 42.5 Å². The molecule has 24 heavy (non-hydrogen) atoms. The number of carbonyl (C=O) groups excluding carboxylic acids is 2. The molecule has 0 radical (unpaired) electrons. The number of amides is 2. The second-order valence-electron chi connectivity index (χ2n) is 6.80. The minimum Gasteiger partial charge on any atom is -0.387 e. The summed E-state index contributed by atoms with van der Waals surface area (Å²) in [6.07, 6.45) is 6.33. The van der Waals surface area contributed by atoms with Crippen LogP contribution in [0.2, 0.25) is 0 Å². The zero-order valence-corrected chi connectivity index (χ0v) is 13.9. The molecule has 2 saturated heterocycles. The number of aliphatic hydroxyl groups is 1. The maximum atomic E-state index is 12.3. The molecule has 0 aromatic heterocycles. The smallest absolute Gasteiger partial charge is 0.248 e. The maximum Gasteiger partial charge on any atom is 0.248 e. The van der Waals surface area contributed by atoms with Crippen LogP contribution in [0.3, 0.4) is 0 Å². The van der Waals surface area contributed by atoms with Crippen molar-refractivity contribution < 1.29 is 14.7 Å². The lowest BCUT2D eigenvalue weighted by Gasteiger charge is -2.38. The van der Waals surface area contributed by atoms with Crippen LogP contribution in [0.4, 0.5) is 0 Å². The van der Waals surface area contributed by atoms with E-state index in [1.54, 1.807) is 4.90 Å². The van der Waals surface area contributed by atoms with Crippen molar-refractivity contribution in [3.63, 3.8) is 0 Å². The molecule has 0 bridgehead atoms. The number of rotatable bonds is 4. The molecule has 1 N–H and O–H groups in total. The Kier molecular flexibility index (Phi) is 5.00. The second-order valence-corrected chi connectivity index (χ2v) is 6.80. The van der Waals surface area contributed by atoms with Gasteiger partial charge in [0.15, 0.2) is 0 Å². The van der Waals surface area contributed by atoms with Crippen LogP contribution in [-0.2, 0) is 9.59 Å². The van der Waals surface area contributed by atoms with Crippen molar-refractivity contribution in [3.05, 3.63) is 42.0 Å². The molecule has 2 aliphatic heterocycles. The van der Waals surface area contributed by atoms with Crippen molar-refractivity contribution >= 4 is 17.9 Å². The molecule has 5 heteroatoms. The molecule has 3 rings (SSSR count). The van der Waals surface area contributed by atoms with Crippen molar-refractivity contribution in [1.29, 1.82) is 0 Å². The van der Waals surface area contributed by atoms with Gasteiger partial charge in [-0.3, -0.25) is 9.59 Å². The Morgan fingerprint density at radius 3 is 2.58 bits per heavy atom. The molecular formula is C19H24N2O3. The first-order chi connectivity index (χ1) is 11.6. The number of benzene rings is 1. The van der Waals surface area contributed by atoms with E-state index in [-0.39, 0.29) is 17.2 Å². The van der Waals surface area contributed by atoms with Gasteiger partial charge in [-0.25, -0.2) is 0 Å². The fourth-order valence-corrected chi connectivity index (χ4v) is 3.69. The van der Waals surface area contributed by atoms with Crippen molar-refractivity contribution in [2.24, 2.45) is 5.41 Å². The monoisotopic (exact) mass is 328 g/mol. The van der Waals surface area contributed by atoms with Crippen molar-refractivity contribution in [2.75, 3.05) is 32.8 Å². The van der Waals surface area contributed by atoms with Crippen molar-refractivity contribution in [1.82, 2.24) is 9.80 Å². The lowest BCUT2D eigenvalue weighted by atomic mass is 9.77.